The van der Waals surface area contributed by atoms with E-state index in [1.807, 2.05) is 42.5 Å². The van der Waals surface area contributed by atoms with Crippen LogP contribution in [0.2, 0.25) is 0 Å². The van der Waals surface area contributed by atoms with E-state index >= 15 is 0 Å². The van der Waals surface area contributed by atoms with Crippen molar-refractivity contribution in [1.29, 1.82) is 0 Å². The lowest BCUT2D eigenvalue weighted by Gasteiger charge is -2.46. The molecule has 2 aromatic carbocycles. The number of hydrogen-bond donors (Lipinski definition) is 0. The summed E-state index contributed by atoms with van der Waals surface area (Å²) in [5, 5.41) is 0. The highest BCUT2D eigenvalue weighted by atomic mass is 16.7. The van der Waals surface area contributed by atoms with E-state index in [0.29, 0.717) is 5.69 Å². The van der Waals surface area contributed by atoms with E-state index in [1.54, 1.807) is 6.07 Å². The maximum Gasteiger partial charge on any atom is 0.271 e. The summed E-state index contributed by atoms with van der Waals surface area (Å²) < 4.78 is 11.7. The molecule has 0 radical (unpaired) electrons. The van der Waals surface area contributed by atoms with Gasteiger partial charge in [0, 0.05) is 18.1 Å². The molecule has 1 saturated heterocycles. The summed E-state index contributed by atoms with van der Waals surface area (Å²) in [6, 6.07) is 14.9. The average molecular weight is 307 g/mol. The summed E-state index contributed by atoms with van der Waals surface area (Å²) in [5.74, 6) is -0.117. The third-order valence-corrected chi connectivity index (χ3v) is 4.89. The van der Waals surface area contributed by atoms with E-state index in [2.05, 4.69) is 0 Å². The Kier molecular flexibility index (Phi) is 2.23. The lowest BCUT2D eigenvalue weighted by Crippen LogP contribution is -2.61. The number of carbonyl (C=O) groups is 2. The van der Waals surface area contributed by atoms with Gasteiger partial charge < -0.3 is 9.47 Å². The monoisotopic (exact) mass is 307 g/mol. The van der Waals surface area contributed by atoms with Gasteiger partial charge in [0.05, 0.1) is 11.6 Å². The van der Waals surface area contributed by atoms with Gasteiger partial charge in [-0.2, -0.15) is 0 Å². The molecular formula is C18H13NO4. The molecule has 1 fully saturated rings. The molecule has 3 aliphatic rings. The molecule has 2 aromatic rings. The molecule has 114 valence electrons. The fourth-order valence-electron chi connectivity index (χ4n) is 3.97. The second kappa shape index (κ2) is 4.00. The molecule has 0 bridgehead atoms. The number of imide groups is 1. The zero-order valence-corrected chi connectivity index (χ0v) is 12.4. The van der Waals surface area contributed by atoms with Gasteiger partial charge in [-0.3, -0.25) is 9.59 Å². The summed E-state index contributed by atoms with van der Waals surface area (Å²) in [4.78, 5) is 26.3. The van der Waals surface area contributed by atoms with E-state index in [1.165, 1.54) is 11.8 Å². The molecule has 5 heteroatoms. The highest BCUT2D eigenvalue weighted by molar-refractivity contribution is 6.22. The van der Waals surface area contributed by atoms with Crippen LogP contribution < -0.4 is 9.64 Å². The SMILES string of the molecule is CC(=O)N1C(=O)[C@]2(O[C@H]3Oc4ccccc4[C@H]32)c2ccccc21. The van der Waals surface area contributed by atoms with E-state index in [4.69, 9.17) is 9.47 Å². The van der Waals surface area contributed by atoms with Crippen LogP contribution in [0.15, 0.2) is 48.5 Å². The fraction of sp³-hybridized carbons (Fsp3) is 0.222. The first-order valence-electron chi connectivity index (χ1n) is 7.52. The lowest BCUT2D eigenvalue weighted by atomic mass is 9.73. The molecule has 0 saturated carbocycles. The molecule has 0 unspecified atom stereocenters. The molecule has 0 aliphatic carbocycles. The van der Waals surface area contributed by atoms with Crippen LogP contribution in [0.5, 0.6) is 5.75 Å². The highest BCUT2D eigenvalue weighted by Gasteiger charge is 2.71. The van der Waals surface area contributed by atoms with Crippen LogP contribution in [0.3, 0.4) is 0 Å². The van der Waals surface area contributed by atoms with Crippen molar-refractivity contribution in [3.05, 3.63) is 59.7 Å². The molecule has 2 amide bonds. The van der Waals surface area contributed by atoms with Crippen molar-refractivity contribution in [2.45, 2.75) is 24.7 Å². The summed E-state index contributed by atoms with van der Waals surface area (Å²) in [6.07, 6.45) is -0.476. The Hall–Kier alpha value is -2.66. The molecule has 0 aromatic heterocycles. The Labute approximate surface area is 132 Å². The number of benzene rings is 2. The summed E-state index contributed by atoms with van der Waals surface area (Å²) in [6.45, 7) is 1.39. The quantitative estimate of drug-likeness (QED) is 0.749. The molecule has 5 rings (SSSR count). The minimum atomic E-state index is -1.15. The molecule has 3 heterocycles. The maximum absolute atomic E-state index is 13.1. The van der Waals surface area contributed by atoms with Gasteiger partial charge in [-0.1, -0.05) is 36.4 Å². The number of ether oxygens (including phenoxy) is 2. The van der Waals surface area contributed by atoms with Gasteiger partial charge in [0.15, 0.2) is 5.60 Å². The topological polar surface area (TPSA) is 55.8 Å². The van der Waals surface area contributed by atoms with Crippen LogP contribution in [0.4, 0.5) is 5.69 Å². The number of fused-ring (bicyclic) bond motifs is 6. The molecule has 23 heavy (non-hydrogen) atoms. The van der Waals surface area contributed by atoms with Gasteiger partial charge in [-0.05, 0) is 12.1 Å². The fourth-order valence-corrected chi connectivity index (χ4v) is 3.97. The van der Waals surface area contributed by atoms with Crippen LogP contribution in [-0.2, 0) is 19.9 Å². The number of nitrogens with zero attached hydrogens (tertiary/aromatic N) is 1. The van der Waals surface area contributed by atoms with Crippen LogP contribution in [0.25, 0.3) is 0 Å². The third kappa shape index (κ3) is 1.32. The number of anilines is 1. The Bertz CT molecular complexity index is 877. The molecule has 3 atom stereocenters. The Morgan fingerprint density at radius 1 is 1.13 bits per heavy atom. The van der Waals surface area contributed by atoms with Gasteiger partial charge in [0.1, 0.15) is 5.75 Å². The van der Waals surface area contributed by atoms with E-state index in [0.717, 1.165) is 16.9 Å². The summed E-state index contributed by atoms with van der Waals surface area (Å²) in [5.41, 5.74) is 1.14. The highest BCUT2D eigenvalue weighted by Crippen LogP contribution is 2.63. The van der Waals surface area contributed by atoms with Gasteiger partial charge in [-0.15, -0.1) is 0 Å². The second-order valence-electron chi connectivity index (χ2n) is 6.03. The van der Waals surface area contributed by atoms with Gasteiger partial charge in [0.25, 0.3) is 5.91 Å². The lowest BCUT2D eigenvalue weighted by molar-refractivity contribution is -0.276. The van der Waals surface area contributed by atoms with Gasteiger partial charge in [0.2, 0.25) is 12.2 Å². The molecule has 3 aliphatic heterocycles. The Balaban J connectivity index is 1.73. The van der Waals surface area contributed by atoms with Crippen molar-refractivity contribution in [3.63, 3.8) is 0 Å². The van der Waals surface area contributed by atoms with Crippen LogP contribution in [0, 0.1) is 0 Å². The van der Waals surface area contributed by atoms with Crippen LogP contribution >= 0.6 is 0 Å². The van der Waals surface area contributed by atoms with Gasteiger partial charge >= 0.3 is 0 Å². The molecule has 5 nitrogen and oxygen atoms in total. The van der Waals surface area contributed by atoms with Crippen molar-refractivity contribution in [3.8, 4) is 5.75 Å². The number of amides is 2. The van der Waals surface area contributed by atoms with Crippen molar-refractivity contribution in [2.24, 2.45) is 0 Å². The molecular weight excluding hydrogens is 294 g/mol. The largest absolute Gasteiger partial charge is 0.464 e. The van der Waals surface area contributed by atoms with E-state index in [9.17, 15) is 9.59 Å². The van der Waals surface area contributed by atoms with E-state index < -0.39 is 11.9 Å². The standard InChI is InChI=1S/C18H13NO4/c1-10(20)19-13-8-4-3-7-12(13)18(17(19)21)15-11-6-2-5-9-14(11)22-16(15)23-18/h2-9,15-16H,1H3/t15-,16-,18+/m1/s1. The van der Waals surface area contributed by atoms with Crippen LogP contribution in [-0.4, -0.2) is 18.1 Å². The van der Waals surface area contributed by atoms with Gasteiger partial charge in [-0.25, -0.2) is 4.90 Å². The number of hydrogen-bond acceptors (Lipinski definition) is 4. The van der Waals surface area contributed by atoms with Crippen LogP contribution in [0.1, 0.15) is 24.0 Å². The smallest absolute Gasteiger partial charge is 0.271 e. The third-order valence-electron chi connectivity index (χ3n) is 4.89. The first kappa shape index (κ1) is 12.8. The molecule has 1 spiro atoms. The first-order valence-corrected chi connectivity index (χ1v) is 7.52. The maximum atomic E-state index is 13.1. The minimum Gasteiger partial charge on any atom is -0.464 e. The first-order chi connectivity index (χ1) is 11.1. The predicted octanol–water partition coefficient (Wildman–Crippen LogP) is 2.31. The Morgan fingerprint density at radius 3 is 2.70 bits per heavy atom. The van der Waals surface area contributed by atoms with Crippen molar-refractivity contribution in [1.82, 2.24) is 0 Å². The normalized spacial score (nSPS) is 29.6. The molecule has 0 N–H and O–H groups in total. The average Bonchev–Trinajstić information content (AvgIpc) is 2.96. The summed E-state index contributed by atoms with van der Waals surface area (Å²) >= 11 is 0. The minimum absolute atomic E-state index is 0.225. The van der Waals surface area contributed by atoms with Crippen molar-refractivity contribution >= 4 is 17.5 Å². The predicted molar refractivity (Wildman–Crippen MR) is 81.0 cm³/mol. The summed E-state index contributed by atoms with van der Waals surface area (Å²) in [7, 11) is 0. The zero-order valence-electron chi connectivity index (χ0n) is 12.4. The van der Waals surface area contributed by atoms with Crippen molar-refractivity contribution in [2.75, 3.05) is 4.90 Å². The number of rotatable bonds is 0. The van der Waals surface area contributed by atoms with Crippen molar-refractivity contribution < 1.29 is 19.1 Å². The number of carbonyl (C=O) groups excluding carboxylic acids is 2. The second-order valence-corrected chi connectivity index (χ2v) is 6.03. The Morgan fingerprint density at radius 2 is 1.87 bits per heavy atom. The van der Waals surface area contributed by atoms with E-state index in [-0.39, 0.29) is 17.7 Å². The number of para-hydroxylation sites is 2. The zero-order chi connectivity index (χ0) is 15.8.